The fourth-order valence-corrected chi connectivity index (χ4v) is 2.20. The molecule has 3 heteroatoms. The molecule has 0 fully saturated rings. The monoisotopic (exact) mass is 342 g/mol. The van der Waals surface area contributed by atoms with Crippen LogP contribution in [0, 0.1) is 29.5 Å². The first-order chi connectivity index (χ1) is 12.6. The molecule has 0 unspecified atom stereocenters. The Bertz CT molecular complexity index is 1030. The molecule has 126 valence electrons. The van der Waals surface area contributed by atoms with Crippen molar-refractivity contribution in [2.75, 3.05) is 7.11 Å². The van der Waals surface area contributed by atoms with Gasteiger partial charge in [0.15, 0.2) is 0 Å². The van der Waals surface area contributed by atoms with E-state index in [9.17, 15) is 9.50 Å². The second-order valence-corrected chi connectivity index (χ2v) is 5.47. The molecule has 0 aliphatic heterocycles. The summed E-state index contributed by atoms with van der Waals surface area (Å²) < 4.78 is 19.3. The van der Waals surface area contributed by atoms with Gasteiger partial charge >= 0.3 is 0 Å². The fraction of sp³-hybridized carbons (Fsp3) is 0.0435. The zero-order valence-corrected chi connectivity index (χ0v) is 14.1. The molecule has 0 spiro atoms. The van der Waals surface area contributed by atoms with Gasteiger partial charge in [0.25, 0.3) is 0 Å². The molecule has 0 saturated heterocycles. The molecule has 0 radical (unpaired) electrons. The Kier molecular flexibility index (Phi) is 5.22. The van der Waals surface area contributed by atoms with Crippen molar-refractivity contribution in [1.82, 2.24) is 0 Å². The van der Waals surface area contributed by atoms with E-state index in [0.717, 1.165) is 11.3 Å². The van der Waals surface area contributed by atoms with Gasteiger partial charge in [-0.25, -0.2) is 4.39 Å². The minimum Gasteiger partial charge on any atom is -0.508 e. The molecule has 0 aromatic heterocycles. The number of halogens is 1. The van der Waals surface area contributed by atoms with Crippen molar-refractivity contribution in [3.63, 3.8) is 0 Å². The van der Waals surface area contributed by atoms with Gasteiger partial charge in [0.1, 0.15) is 17.3 Å². The summed E-state index contributed by atoms with van der Waals surface area (Å²) in [4.78, 5) is 0. The predicted molar refractivity (Wildman–Crippen MR) is 99.5 cm³/mol. The summed E-state index contributed by atoms with van der Waals surface area (Å²) in [5.41, 5.74) is 2.40. The van der Waals surface area contributed by atoms with E-state index in [1.165, 1.54) is 18.2 Å². The molecule has 0 saturated carbocycles. The van der Waals surface area contributed by atoms with Crippen molar-refractivity contribution in [3.05, 3.63) is 94.8 Å². The van der Waals surface area contributed by atoms with E-state index < -0.39 is 5.82 Å². The van der Waals surface area contributed by atoms with Gasteiger partial charge in [-0.1, -0.05) is 23.7 Å². The number of hydrogen-bond donors (Lipinski definition) is 1. The zero-order chi connectivity index (χ0) is 18.4. The van der Waals surface area contributed by atoms with E-state index in [-0.39, 0.29) is 5.75 Å². The summed E-state index contributed by atoms with van der Waals surface area (Å²) in [6.07, 6.45) is 0. The van der Waals surface area contributed by atoms with Crippen LogP contribution in [0.3, 0.4) is 0 Å². The van der Waals surface area contributed by atoms with Gasteiger partial charge in [0.2, 0.25) is 0 Å². The number of rotatable bonds is 1. The van der Waals surface area contributed by atoms with Crippen LogP contribution in [-0.2, 0) is 0 Å². The van der Waals surface area contributed by atoms with Crippen molar-refractivity contribution in [3.8, 4) is 35.2 Å². The van der Waals surface area contributed by atoms with E-state index >= 15 is 0 Å². The fourth-order valence-electron chi connectivity index (χ4n) is 2.20. The molecule has 26 heavy (non-hydrogen) atoms. The van der Waals surface area contributed by atoms with Crippen molar-refractivity contribution in [2.45, 2.75) is 0 Å². The van der Waals surface area contributed by atoms with Gasteiger partial charge in [-0.05, 0) is 66.7 Å². The second kappa shape index (κ2) is 7.92. The average molecular weight is 342 g/mol. The lowest BCUT2D eigenvalue weighted by atomic mass is 10.1. The first kappa shape index (κ1) is 17.1. The van der Waals surface area contributed by atoms with Crippen LogP contribution in [0.1, 0.15) is 22.3 Å². The largest absolute Gasteiger partial charge is 0.508 e. The van der Waals surface area contributed by atoms with Crippen LogP contribution in [0.15, 0.2) is 66.7 Å². The van der Waals surface area contributed by atoms with E-state index in [4.69, 9.17) is 4.74 Å². The molecule has 3 aromatic carbocycles. The van der Waals surface area contributed by atoms with Crippen LogP contribution < -0.4 is 4.74 Å². The lowest BCUT2D eigenvalue weighted by Gasteiger charge is -1.98. The maximum Gasteiger partial charge on any atom is 0.140 e. The highest BCUT2D eigenvalue weighted by atomic mass is 19.1. The molecule has 3 rings (SSSR count). The minimum absolute atomic E-state index is 0.168. The van der Waals surface area contributed by atoms with Crippen LogP contribution in [0.5, 0.6) is 11.5 Å². The highest BCUT2D eigenvalue weighted by Gasteiger charge is 2.00. The maximum absolute atomic E-state index is 14.2. The van der Waals surface area contributed by atoms with Gasteiger partial charge in [-0.15, -0.1) is 0 Å². The van der Waals surface area contributed by atoms with Crippen LogP contribution in [0.4, 0.5) is 4.39 Å². The summed E-state index contributed by atoms with van der Waals surface area (Å²) in [6, 6.07) is 18.5. The van der Waals surface area contributed by atoms with Gasteiger partial charge in [0, 0.05) is 16.7 Å². The number of benzene rings is 3. The lowest BCUT2D eigenvalue weighted by Crippen LogP contribution is -1.86. The molecule has 0 heterocycles. The Hall–Kier alpha value is -3.69. The topological polar surface area (TPSA) is 29.5 Å². The number of hydrogen-bond acceptors (Lipinski definition) is 2. The van der Waals surface area contributed by atoms with Crippen molar-refractivity contribution in [1.29, 1.82) is 0 Å². The van der Waals surface area contributed by atoms with Gasteiger partial charge in [-0.2, -0.15) is 0 Å². The molecule has 0 aliphatic carbocycles. The SMILES string of the molecule is COc1ccc(C#Cc2ccc(C#Cc3ccc(O)cc3)c(F)c2)cc1. The summed E-state index contributed by atoms with van der Waals surface area (Å²) in [5, 5.41) is 9.25. The minimum atomic E-state index is -0.419. The first-order valence-electron chi connectivity index (χ1n) is 7.91. The normalized spacial score (nSPS) is 9.46. The molecule has 0 aliphatic rings. The molecule has 1 N–H and O–H groups in total. The van der Waals surface area contributed by atoms with E-state index in [1.54, 1.807) is 31.4 Å². The number of ether oxygens (including phenoxy) is 1. The Morgan fingerprint density at radius 1 is 0.731 bits per heavy atom. The molecule has 0 bridgehead atoms. The lowest BCUT2D eigenvalue weighted by molar-refractivity contribution is 0.415. The molecular weight excluding hydrogens is 327 g/mol. The smallest absolute Gasteiger partial charge is 0.140 e. The Labute approximate surface area is 151 Å². The Balaban J connectivity index is 1.77. The summed E-state index contributed by atoms with van der Waals surface area (Å²) in [7, 11) is 1.61. The van der Waals surface area contributed by atoms with Crippen molar-refractivity contribution < 1.29 is 14.2 Å². The number of phenolic OH excluding ortho intramolecular Hbond substituents is 1. The van der Waals surface area contributed by atoms with E-state index in [0.29, 0.717) is 16.7 Å². The zero-order valence-electron chi connectivity index (χ0n) is 14.1. The third-order valence-electron chi connectivity index (χ3n) is 3.62. The predicted octanol–water partition coefficient (Wildman–Crippen LogP) is 4.34. The summed E-state index contributed by atoms with van der Waals surface area (Å²) in [5.74, 6) is 12.1. The Morgan fingerprint density at radius 2 is 1.27 bits per heavy atom. The third-order valence-corrected chi connectivity index (χ3v) is 3.62. The van der Waals surface area contributed by atoms with Gasteiger partial charge < -0.3 is 9.84 Å². The second-order valence-electron chi connectivity index (χ2n) is 5.47. The molecule has 0 atom stereocenters. The average Bonchev–Trinajstić information content (AvgIpc) is 2.67. The van der Waals surface area contributed by atoms with Crippen molar-refractivity contribution >= 4 is 0 Å². The highest BCUT2D eigenvalue weighted by Crippen LogP contribution is 2.12. The number of methoxy groups -OCH3 is 1. The van der Waals surface area contributed by atoms with Crippen LogP contribution in [-0.4, -0.2) is 12.2 Å². The molecule has 3 aromatic rings. The third kappa shape index (κ3) is 4.44. The number of phenols is 1. The molecule has 0 amide bonds. The van der Waals surface area contributed by atoms with E-state index in [1.807, 2.05) is 24.3 Å². The summed E-state index contributed by atoms with van der Waals surface area (Å²) >= 11 is 0. The van der Waals surface area contributed by atoms with Gasteiger partial charge in [-0.3, -0.25) is 0 Å². The van der Waals surface area contributed by atoms with E-state index in [2.05, 4.69) is 23.7 Å². The van der Waals surface area contributed by atoms with Crippen LogP contribution in [0.2, 0.25) is 0 Å². The van der Waals surface area contributed by atoms with Gasteiger partial charge in [0.05, 0.1) is 12.7 Å². The highest BCUT2D eigenvalue weighted by molar-refractivity contribution is 5.49. The summed E-state index contributed by atoms with van der Waals surface area (Å²) in [6.45, 7) is 0. The number of aromatic hydroxyl groups is 1. The van der Waals surface area contributed by atoms with Crippen LogP contribution in [0.25, 0.3) is 0 Å². The standard InChI is InChI=1S/C23H15FO2/c1-26-22-14-8-17(9-15-22)2-3-19-5-11-20(23(24)16-19)10-4-18-6-12-21(25)13-7-18/h5-9,11-16,25H,1H3. The Morgan fingerprint density at radius 3 is 1.88 bits per heavy atom. The maximum atomic E-state index is 14.2. The first-order valence-corrected chi connectivity index (χ1v) is 7.91. The quantitative estimate of drug-likeness (QED) is 0.667. The van der Waals surface area contributed by atoms with Crippen LogP contribution >= 0.6 is 0 Å². The van der Waals surface area contributed by atoms with Crippen molar-refractivity contribution in [2.24, 2.45) is 0 Å². The molecule has 2 nitrogen and oxygen atoms in total. The molecular formula is C23H15FO2.